The lowest BCUT2D eigenvalue weighted by Gasteiger charge is -2.33. The predicted molar refractivity (Wildman–Crippen MR) is 168 cm³/mol. The fourth-order valence-corrected chi connectivity index (χ4v) is 7.25. The molecular weight excluding hydrogens is 584 g/mol. The number of hydrogen-bond donors (Lipinski definition) is 2. The molecule has 0 unspecified atom stereocenters. The SMILES string of the molecule is CN(NC(=O)[C@](C)(CCCC(C)(C)CS(=O)(=O)CCO)c1cccc(C[C@@H]2COC(C)(C)O2)c1)C(=O)OCc1ccccc1. The zero-order chi connectivity index (χ0) is 32.6. The summed E-state index contributed by atoms with van der Waals surface area (Å²) in [6, 6.07) is 17.0. The molecule has 1 heterocycles. The van der Waals surface area contributed by atoms with E-state index in [-0.39, 0.29) is 30.1 Å². The monoisotopic (exact) mass is 632 g/mol. The van der Waals surface area contributed by atoms with Crippen LogP contribution in [-0.2, 0) is 47.3 Å². The first-order chi connectivity index (χ1) is 20.5. The number of amides is 2. The number of aliphatic hydroxyl groups excluding tert-OH is 1. The highest BCUT2D eigenvalue weighted by Crippen LogP contribution is 2.35. The van der Waals surface area contributed by atoms with Crippen LogP contribution in [-0.4, -0.2) is 74.2 Å². The topological polar surface area (TPSA) is 131 Å². The first kappa shape index (κ1) is 35.5. The Kier molecular flexibility index (Phi) is 12.0. The van der Waals surface area contributed by atoms with Crippen LogP contribution in [0.3, 0.4) is 0 Å². The molecule has 1 fully saturated rings. The minimum atomic E-state index is -3.41. The first-order valence-corrected chi connectivity index (χ1v) is 16.8. The van der Waals surface area contributed by atoms with Gasteiger partial charge in [0.2, 0.25) is 5.91 Å². The summed E-state index contributed by atoms with van der Waals surface area (Å²) in [5, 5.41) is 10.2. The summed E-state index contributed by atoms with van der Waals surface area (Å²) in [5.74, 6) is -1.37. The van der Waals surface area contributed by atoms with Crippen molar-refractivity contribution in [3.63, 3.8) is 0 Å². The van der Waals surface area contributed by atoms with E-state index in [0.29, 0.717) is 32.3 Å². The zero-order valence-electron chi connectivity index (χ0n) is 26.8. The van der Waals surface area contributed by atoms with E-state index < -0.39 is 39.2 Å². The summed E-state index contributed by atoms with van der Waals surface area (Å²) < 4.78 is 41.9. The van der Waals surface area contributed by atoms with Crippen LogP contribution in [0.25, 0.3) is 0 Å². The summed E-state index contributed by atoms with van der Waals surface area (Å²) in [6.45, 7) is 9.47. The Morgan fingerprint density at radius 3 is 2.39 bits per heavy atom. The predicted octanol–water partition coefficient (Wildman–Crippen LogP) is 4.54. The van der Waals surface area contributed by atoms with Gasteiger partial charge in [-0.15, -0.1) is 0 Å². The number of rotatable bonds is 14. The van der Waals surface area contributed by atoms with E-state index in [9.17, 15) is 18.0 Å². The van der Waals surface area contributed by atoms with E-state index in [0.717, 1.165) is 21.7 Å². The molecule has 3 rings (SSSR count). The molecular formula is C33H48N2O8S. The molecule has 1 aliphatic heterocycles. The molecule has 0 aromatic heterocycles. The van der Waals surface area contributed by atoms with Gasteiger partial charge >= 0.3 is 6.09 Å². The Morgan fingerprint density at radius 2 is 1.75 bits per heavy atom. The van der Waals surface area contributed by atoms with Crippen molar-refractivity contribution in [3.05, 3.63) is 71.3 Å². The van der Waals surface area contributed by atoms with E-state index in [1.807, 2.05) is 89.2 Å². The Hall–Kier alpha value is -2.99. The van der Waals surface area contributed by atoms with Crippen LogP contribution < -0.4 is 5.43 Å². The molecule has 0 bridgehead atoms. The van der Waals surface area contributed by atoms with Crippen LogP contribution in [0.4, 0.5) is 4.79 Å². The first-order valence-electron chi connectivity index (χ1n) is 15.0. The summed E-state index contributed by atoms with van der Waals surface area (Å²) in [6.07, 6.45) is 1.27. The maximum Gasteiger partial charge on any atom is 0.428 e. The lowest BCUT2D eigenvalue weighted by Crippen LogP contribution is -2.51. The van der Waals surface area contributed by atoms with Crippen molar-refractivity contribution < 1.29 is 37.3 Å². The maximum atomic E-state index is 13.9. The molecule has 2 aromatic carbocycles. The van der Waals surface area contributed by atoms with Crippen molar-refractivity contribution in [2.24, 2.45) is 5.41 Å². The van der Waals surface area contributed by atoms with Gasteiger partial charge in [-0.25, -0.2) is 18.2 Å². The molecule has 44 heavy (non-hydrogen) atoms. The van der Waals surface area contributed by atoms with Gasteiger partial charge in [0.05, 0.1) is 36.2 Å². The van der Waals surface area contributed by atoms with Crippen LogP contribution in [0.2, 0.25) is 0 Å². The van der Waals surface area contributed by atoms with Gasteiger partial charge < -0.3 is 19.3 Å². The van der Waals surface area contributed by atoms with Crippen LogP contribution in [0.15, 0.2) is 54.6 Å². The average molecular weight is 633 g/mol. The minimum absolute atomic E-state index is 0.0608. The number of nitrogens with one attached hydrogen (secondary N) is 1. The number of hydrogen-bond acceptors (Lipinski definition) is 8. The molecule has 0 radical (unpaired) electrons. The Morgan fingerprint density at radius 1 is 1.07 bits per heavy atom. The third-order valence-corrected chi connectivity index (χ3v) is 9.91. The Bertz CT molecular complexity index is 1360. The number of carbonyl (C=O) groups excluding carboxylic acids is 2. The van der Waals surface area contributed by atoms with Crippen molar-refractivity contribution in [1.29, 1.82) is 0 Å². The van der Waals surface area contributed by atoms with E-state index >= 15 is 0 Å². The normalized spacial score (nSPS) is 17.9. The molecule has 11 heteroatoms. The second-order valence-corrected chi connectivity index (χ2v) is 15.2. The molecule has 1 aliphatic rings. The quantitative estimate of drug-likeness (QED) is 0.290. The minimum Gasteiger partial charge on any atom is -0.443 e. The third kappa shape index (κ3) is 10.6. The summed E-state index contributed by atoms with van der Waals surface area (Å²) in [4.78, 5) is 26.7. The van der Waals surface area contributed by atoms with Gasteiger partial charge in [0, 0.05) is 13.5 Å². The van der Waals surface area contributed by atoms with Gasteiger partial charge in [0.1, 0.15) is 6.61 Å². The van der Waals surface area contributed by atoms with Gasteiger partial charge in [-0.3, -0.25) is 10.2 Å². The van der Waals surface area contributed by atoms with Crippen molar-refractivity contribution in [3.8, 4) is 0 Å². The number of aliphatic hydroxyl groups is 1. The zero-order valence-corrected chi connectivity index (χ0v) is 27.6. The molecule has 0 saturated carbocycles. The molecule has 2 atom stereocenters. The smallest absolute Gasteiger partial charge is 0.428 e. The second-order valence-electron chi connectivity index (χ2n) is 13.1. The summed E-state index contributed by atoms with van der Waals surface area (Å²) in [7, 11) is -1.97. The van der Waals surface area contributed by atoms with E-state index in [1.54, 1.807) is 0 Å². The highest BCUT2D eigenvalue weighted by molar-refractivity contribution is 7.91. The highest BCUT2D eigenvalue weighted by atomic mass is 32.2. The van der Waals surface area contributed by atoms with E-state index in [2.05, 4.69) is 5.43 Å². The maximum absolute atomic E-state index is 13.9. The van der Waals surface area contributed by atoms with Crippen molar-refractivity contribution in [2.75, 3.05) is 31.8 Å². The van der Waals surface area contributed by atoms with Crippen molar-refractivity contribution in [1.82, 2.24) is 10.4 Å². The molecule has 2 aromatic rings. The van der Waals surface area contributed by atoms with Crippen molar-refractivity contribution >= 4 is 21.8 Å². The van der Waals surface area contributed by atoms with Gasteiger partial charge in [0.15, 0.2) is 15.6 Å². The van der Waals surface area contributed by atoms with E-state index in [1.165, 1.54) is 7.05 Å². The standard InChI is InChI=1S/C33H48N2O8S/c1-31(2,24-44(39,40)19-18-36)16-11-17-33(5,27-15-10-14-26(20-27)21-28-23-42-32(3,4)43-28)29(37)34-35(6)30(38)41-22-25-12-8-7-9-13-25/h7-10,12-15,20,28,36H,11,16-19,21-24H2,1-6H3,(H,34,37)/t28-,33-/m1/s1. The number of carbonyl (C=O) groups is 2. The number of sulfone groups is 1. The second kappa shape index (κ2) is 14.9. The van der Waals surface area contributed by atoms with Gasteiger partial charge in [-0.1, -0.05) is 74.9 Å². The summed E-state index contributed by atoms with van der Waals surface area (Å²) >= 11 is 0. The molecule has 2 N–H and O–H groups in total. The fourth-order valence-electron chi connectivity index (χ4n) is 5.49. The molecule has 2 amide bonds. The number of nitrogens with zero attached hydrogens (tertiary/aromatic N) is 1. The Labute approximate surface area is 262 Å². The number of ether oxygens (including phenoxy) is 3. The fraction of sp³-hybridized carbons (Fsp3) is 0.576. The van der Waals surface area contributed by atoms with Gasteiger partial charge in [-0.2, -0.15) is 0 Å². The highest BCUT2D eigenvalue weighted by Gasteiger charge is 2.38. The molecule has 0 aliphatic carbocycles. The van der Waals surface area contributed by atoms with E-state index in [4.69, 9.17) is 19.3 Å². The van der Waals surface area contributed by atoms with Crippen LogP contribution >= 0.6 is 0 Å². The van der Waals surface area contributed by atoms with Crippen LogP contribution in [0.1, 0.15) is 70.6 Å². The average Bonchev–Trinajstić information content (AvgIpc) is 3.28. The van der Waals surface area contributed by atoms with Gasteiger partial charge in [0.25, 0.3) is 0 Å². The third-order valence-electron chi connectivity index (χ3n) is 7.89. The number of hydrazine groups is 1. The number of benzene rings is 2. The lowest BCUT2D eigenvalue weighted by molar-refractivity contribution is -0.138. The Balaban J connectivity index is 1.77. The molecule has 1 saturated heterocycles. The molecule has 0 spiro atoms. The summed E-state index contributed by atoms with van der Waals surface area (Å²) in [5.41, 5.74) is 3.67. The molecule has 244 valence electrons. The largest absolute Gasteiger partial charge is 0.443 e. The van der Waals surface area contributed by atoms with Crippen LogP contribution in [0, 0.1) is 5.41 Å². The van der Waals surface area contributed by atoms with Crippen molar-refractivity contribution in [2.45, 2.75) is 84.2 Å². The van der Waals surface area contributed by atoms with Crippen LogP contribution in [0.5, 0.6) is 0 Å². The van der Waals surface area contributed by atoms with Gasteiger partial charge in [-0.05, 0) is 55.7 Å². The lowest BCUT2D eigenvalue weighted by atomic mass is 9.75. The molecule has 10 nitrogen and oxygen atoms in total.